The summed E-state index contributed by atoms with van der Waals surface area (Å²) in [6, 6.07) is 0. The minimum absolute atomic E-state index is 1.25. The van der Waals surface area contributed by atoms with E-state index in [-0.39, 0.29) is 0 Å². The monoisotopic (exact) mass is 207 g/mol. The van der Waals surface area contributed by atoms with E-state index in [2.05, 4.69) is 19.2 Å². The second kappa shape index (κ2) is 29.3. The zero-order valence-electron chi connectivity index (χ0n) is 12.1. The third-order valence-electron chi connectivity index (χ3n) is 0. The predicted molar refractivity (Wildman–Crippen MR) is 70.2 cm³/mol. The van der Waals surface area contributed by atoms with Gasteiger partial charge < -0.3 is 15.1 Å². The molecule has 0 saturated heterocycles. The lowest BCUT2D eigenvalue weighted by Gasteiger charge is -1.90. The van der Waals surface area contributed by atoms with Gasteiger partial charge in [-0.3, -0.25) is 0 Å². The van der Waals surface area contributed by atoms with Gasteiger partial charge in [-0.1, -0.05) is 20.3 Å². The van der Waals surface area contributed by atoms with Gasteiger partial charge >= 0.3 is 0 Å². The van der Waals surface area contributed by atoms with E-state index in [4.69, 9.17) is 0 Å². The lowest BCUT2D eigenvalue weighted by atomic mass is 10.6. The van der Waals surface area contributed by atoms with E-state index in [0.717, 1.165) is 0 Å². The quantitative estimate of drug-likeness (QED) is 0.651. The fourth-order valence-electron chi connectivity index (χ4n) is 0. The Morgan fingerprint density at radius 3 is 0.714 bits per heavy atom. The highest BCUT2D eigenvalue weighted by Gasteiger charge is 1.58. The van der Waals surface area contributed by atoms with Gasteiger partial charge in [0.1, 0.15) is 0 Å². The van der Waals surface area contributed by atoms with Crippen molar-refractivity contribution in [1.29, 1.82) is 0 Å². The molecule has 0 bridgehead atoms. The Balaban J connectivity index is -0.0000000482. The van der Waals surface area contributed by atoms with Crippen molar-refractivity contribution in [2.24, 2.45) is 0 Å². The second-order valence-electron chi connectivity index (χ2n) is 3.89. The van der Waals surface area contributed by atoms with Crippen molar-refractivity contribution in [3.63, 3.8) is 0 Å². The Kier molecular flexibility index (Phi) is 49.3. The van der Waals surface area contributed by atoms with Gasteiger partial charge in [0.2, 0.25) is 0 Å². The molecule has 0 aliphatic carbocycles. The number of nitrogens with one attached hydrogen (secondary N) is 1. The van der Waals surface area contributed by atoms with Crippen molar-refractivity contribution >= 4 is 0 Å². The summed E-state index contributed by atoms with van der Waals surface area (Å²) >= 11 is 0. The van der Waals surface area contributed by atoms with Crippen LogP contribution in [0.2, 0.25) is 0 Å². The molecule has 0 rings (SSSR count). The largest absolute Gasteiger partial charge is 0.323 e. The first kappa shape index (κ1) is 23.6. The van der Waals surface area contributed by atoms with Crippen molar-refractivity contribution in [3.8, 4) is 0 Å². The van der Waals surface area contributed by atoms with Crippen LogP contribution in [0.25, 0.3) is 0 Å². The number of rotatable bonds is 0. The van der Waals surface area contributed by atoms with Crippen molar-refractivity contribution in [2.45, 2.75) is 20.3 Å². The van der Waals surface area contributed by atoms with Crippen LogP contribution in [0.5, 0.6) is 0 Å². The van der Waals surface area contributed by atoms with Crippen molar-refractivity contribution < 1.29 is 0 Å². The lowest BCUT2D eigenvalue weighted by molar-refractivity contribution is 0.505. The van der Waals surface area contributed by atoms with Gasteiger partial charge in [0.05, 0.1) is 0 Å². The van der Waals surface area contributed by atoms with Crippen LogP contribution in [0, 0.1) is 0 Å². The summed E-state index contributed by atoms with van der Waals surface area (Å²) in [5, 5.41) is 2.75. The SMILES string of the molecule is CCC.CN(C)C.CN(C)C.CNC. The van der Waals surface area contributed by atoms with Crippen LogP contribution < -0.4 is 5.32 Å². The molecule has 1 N–H and O–H groups in total. The Labute approximate surface area is 92.5 Å². The van der Waals surface area contributed by atoms with Crippen molar-refractivity contribution in [2.75, 3.05) is 56.4 Å². The minimum atomic E-state index is 1.25. The molecule has 0 atom stereocenters. The van der Waals surface area contributed by atoms with Gasteiger partial charge in [-0.05, 0) is 56.4 Å². The number of hydrogen-bond donors (Lipinski definition) is 1. The predicted octanol–water partition coefficient (Wildman–Crippen LogP) is 1.61. The molecule has 92 valence electrons. The molecule has 0 aromatic carbocycles. The Hall–Kier alpha value is -0.120. The summed E-state index contributed by atoms with van der Waals surface area (Å²) in [5.74, 6) is 0. The zero-order chi connectivity index (χ0) is 12.6. The third-order valence-corrected chi connectivity index (χ3v) is 0. The fraction of sp³-hybridized carbons (Fsp3) is 1.00. The maximum atomic E-state index is 2.75. The lowest BCUT2D eigenvalue weighted by Crippen LogP contribution is -1.99. The van der Waals surface area contributed by atoms with E-state index in [0.29, 0.717) is 0 Å². The molecule has 14 heavy (non-hydrogen) atoms. The van der Waals surface area contributed by atoms with E-state index in [1.165, 1.54) is 6.42 Å². The molecule has 0 aromatic heterocycles. The average molecular weight is 207 g/mol. The highest BCUT2D eigenvalue weighted by atomic mass is 15.0. The van der Waals surface area contributed by atoms with Crippen LogP contribution >= 0.6 is 0 Å². The molecular formula is C11H33N3. The maximum Gasteiger partial charge on any atom is -0.0140 e. The normalized spacial score (nSPS) is 7.71. The summed E-state index contributed by atoms with van der Waals surface area (Å²) in [6.45, 7) is 4.25. The van der Waals surface area contributed by atoms with Gasteiger partial charge in [-0.2, -0.15) is 0 Å². The van der Waals surface area contributed by atoms with E-state index in [1.54, 1.807) is 0 Å². The maximum absolute atomic E-state index is 2.75. The minimum Gasteiger partial charge on any atom is -0.323 e. The van der Waals surface area contributed by atoms with Crippen molar-refractivity contribution in [1.82, 2.24) is 15.1 Å². The smallest absolute Gasteiger partial charge is 0.0140 e. The molecule has 3 nitrogen and oxygen atoms in total. The van der Waals surface area contributed by atoms with Crippen LogP contribution in [0.15, 0.2) is 0 Å². The second-order valence-corrected chi connectivity index (χ2v) is 3.89. The van der Waals surface area contributed by atoms with E-state index < -0.39 is 0 Å². The molecule has 0 aromatic rings. The number of hydrogen-bond acceptors (Lipinski definition) is 3. The standard InChI is InChI=1S/2C3H9N.C3H8.C2H7N/c2*1-4(2)3;2*1-3-2/h2*1-3H3;3H2,1-2H3;3H,1-2H3. The molecule has 0 spiro atoms. The molecule has 0 radical (unpaired) electrons. The molecule has 0 unspecified atom stereocenters. The summed E-state index contributed by atoms with van der Waals surface area (Å²) < 4.78 is 0. The zero-order valence-corrected chi connectivity index (χ0v) is 12.1. The summed E-state index contributed by atoms with van der Waals surface area (Å²) in [6.07, 6.45) is 1.25. The molecular weight excluding hydrogens is 174 g/mol. The van der Waals surface area contributed by atoms with Gasteiger partial charge in [0.15, 0.2) is 0 Å². The molecule has 0 saturated carbocycles. The van der Waals surface area contributed by atoms with Crippen LogP contribution in [-0.2, 0) is 0 Å². The third kappa shape index (κ3) is 97700. The first-order chi connectivity index (χ1) is 6.29. The van der Waals surface area contributed by atoms with Crippen LogP contribution in [-0.4, -0.2) is 66.2 Å². The highest BCUT2D eigenvalue weighted by molar-refractivity contribution is 4.09. The molecule has 0 aliphatic heterocycles. The van der Waals surface area contributed by atoms with Crippen LogP contribution in [0.3, 0.4) is 0 Å². The molecule has 3 heteroatoms. The number of nitrogens with zero attached hydrogens (tertiary/aromatic N) is 2. The summed E-state index contributed by atoms with van der Waals surface area (Å²) in [5.41, 5.74) is 0. The Bertz CT molecular complexity index is 41.0. The average Bonchev–Trinajstić information content (AvgIpc) is 1.85. The van der Waals surface area contributed by atoms with E-state index in [1.807, 2.05) is 66.2 Å². The summed E-state index contributed by atoms with van der Waals surface area (Å²) in [7, 11) is 15.8. The first-order valence-electron chi connectivity index (χ1n) is 5.10. The van der Waals surface area contributed by atoms with E-state index >= 15 is 0 Å². The first-order valence-corrected chi connectivity index (χ1v) is 5.10. The van der Waals surface area contributed by atoms with Crippen LogP contribution in [0.4, 0.5) is 0 Å². The van der Waals surface area contributed by atoms with Crippen LogP contribution in [0.1, 0.15) is 20.3 Å². The molecule has 0 heterocycles. The highest BCUT2D eigenvalue weighted by Crippen LogP contribution is 1.56. The molecule has 0 aliphatic rings. The van der Waals surface area contributed by atoms with Crippen molar-refractivity contribution in [3.05, 3.63) is 0 Å². The Morgan fingerprint density at radius 2 is 0.714 bits per heavy atom. The van der Waals surface area contributed by atoms with E-state index in [9.17, 15) is 0 Å². The van der Waals surface area contributed by atoms with Gasteiger partial charge in [-0.15, -0.1) is 0 Å². The fourth-order valence-corrected chi connectivity index (χ4v) is 0. The van der Waals surface area contributed by atoms with Gasteiger partial charge in [0, 0.05) is 0 Å². The van der Waals surface area contributed by atoms with Gasteiger partial charge in [-0.25, -0.2) is 0 Å². The Morgan fingerprint density at radius 1 is 0.714 bits per heavy atom. The molecule has 0 amide bonds. The van der Waals surface area contributed by atoms with Gasteiger partial charge in [0.25, 0.3) is 0 Å². The topological polar surface area (TPSA) is 18.5 Å². The summed E-state index contributed by atoms with van der Waals surface area (Å²) in [4.78, 5) is 4.00. The molecule has 0 fully saturated rings.